The molecule has 0 saturated carbocycles. The van der Waals surface area contributed by atoms with Crippen LogP contribution in [0, 0.1) is 0 Å². The number of hydrogen-bond donors (Lipinski definition) is 1. The average Bonchev–Trinajstić information content (AvgIpc) is 3.07. The van der Waals surface area contributed by atoms with Gasteiger partial charge in [-0.3, -0.25) is 5.10 Å². The molecule has 2 aromatic heterocycles. The fourth-order valence-corrected chi connectivity index (χ4v) is 2.42. The van der Waals surface area contributed by atoms with E-state index >= 15 is 0 Å². The minimum absolute atomic E-state index is 0.00545. The standard InChI is InChI=1S/C15H18N4O/c1-3-20-11(2)15-16-6-7-19(15)10-12-4-5-13-9-17-18-14(13)8-12/h4-9,11H,3,10H2,1-2H3,(H,17,18). The Balaban J connectivity index is 1.85. The van der Waals surface area contributed by atoms with E-state index in [1.54, 1.807) is 0 Å². The second kappa shape index (κ2) is 5.46. The van der Waals surface area contributed by atoms with Gasteiger partial charge in [0, 0.05) is 30.9 Å². The third kappa shape index (κ3) is 2.44. The number of benzene rings is 1. The highest BCUT2D eigenvalue weighted by atomic mass is 16.5. The predicted octanol–water partition coefficient (Wildman–Crippen LogP) is 2.91. The van der Waals surface area contributed by atoms with Crippen molar-refractivity contribution in [3.8, 4) is 0 Å². The summed E-state index contributed by atoms with van der Waals surface area (Å²) in [6.07, 6.45) is 5.64. The van der Waals surface area contributed by atoms with Crippen molar-refractivity contribution in [2.45, 2.75) is 26.5 Å². The summed E-state index contributed by atoms with van der Waals surface area (Å²) in [5.74, 6) is 0.955. The Morgan fingerprint density at radius 1 is 1.40 bits per heavy atom. The zero-order valence-electron chi connectivity index (χ0n) is 11.7. The third-order valence-corrected chi connectivity index (χ3v) is 3.39. The highest BCUT2D eigenvalue weighted by Gasteiger charge is 2.12. The first-order valence-corrected chi connectivity index (χ1v) is 6.82. The van der Waals surface area contributed by atoms with Crippen LogP contribution < -0.4 is 0 Å². The van der Waals surface area contributed by atoms with Crippen molar-refractivity contribution in [2.24, 2.45) is 0 Å². The van der Waals surface area contributed by atoms with E-state index in [9.17, 15) is 0 Å². The molecule has 1 aromatic carbocycles. The number of aromatic nitrogens is 4. The first-order chi connectivity index (χ1) is 9.78. The van der Waals surface area contributed by atoms with Gasteiger partial charge in [-0.25, -0.2) is 4.98 Å². The molecule has 2 heterocycles. The number of ether oxygens (including phenoxy) is 1. The fraction of sp³-hybridized carbons (Fsp3) is 0.333. The first kappa shape index (κ1) is 12.9. The molecule has 0 spiro atoms. The van der Waals surface area contributed by atoms with Crippen molar-refractivity contribution in [1.82, 2.24) is 19.7 Å². The van der Waals surface area contributed by atoms with E-state index in [1.807, 2.05) is 32.4 Å². The minimum atomic E-state index is 0.00545. The van der Waals surface area contributed by atoms with Gasteiger partial charge in [0.05, 0.1) is 11.7 Å². The van der Waals surface area contributed by atoms with E-state index in [4.69, 9.17) is 4.74 Å². The van der Waals surface area contributed by atoms with E-state index in [2.05, 4.69) is 37.9 Å². The van der Waals surface area contributed by atoms with Crippen LogP contribution in [0.1, 0.15) is 31.3 Å². The van der Waals surface area contributed by atoms with Gasteiger partial charge in [0.25, 0.3) is 0 Å². The van der Waals surface area contributed by atoms with Crippen LogP contribution in [0.3, 0.4) is 0 Å². The van der Waals surface area contributed by atoms with Gasteiger partial charge in [0.1, 0.15) is 11.9 Å². The molecule has 5 heteroatoms. The average molecular weight is 270 g/mol. The van der Waals surface area contributed by atoms with Gasteiger partial charge in [0.15, 0.2) is 0 Å². The smallest absolute Gasteiger partial charge is 0.137 e. The van der Waals surface area contributed by atoms with Crippen LogP contribution >= 0.6 is 0 Å². The molecular weight excluding hydrogens is 252 g/mol. The topological polar surface area (TPSA) is 55.7 Å². The van der Waals surface area contributed by atoms with Crippen molar-refractivity contribution in [3.63, 3.8) is 0 Å². The zero-order valence-corrected chi connectivity index (χ0v) is 11.7. The Bertz CT molecular complexity index is 701. The van der Waals surface area contributed by atoms with E-state index in [-0.39, 0.29) is 6.10 Å². The largest absolute Gasteiger partial charge is 0.371 e. The molecule has 1 atom stereocenters. The number of nitrogens with one attached hydrogen (secondary N) is 1. The second-order valence-electron chi connectivity index (χ2n) is 4.80. The lowest BCUT2D eigenvalue weighted by molar-refractivity contribution is 0.0677. The lowest BCUT2D eigenvalue weighted by Crippen LogP contribution is -2.10. The Labute approximate surface area is 117 Å². The van der Waals surface area contributed by atoms with Crippen molar-refractivity contribution in [3.05, 3.63) is 48.2 Å². The van der Waals surface area contributed by atoms with Crippen molar-refractivity contribution < 1.29 is 4.74 Å². The molecule has 1 unspecified atom stereocenters. The van der Waals surface area contributed by atoms with Crippen molar-refractivity contribution in [2.75, 3.05) is 6.61 Å². The lowest BCUT2D eigenvalue weighted by atomic mass is 10.1. The summed E-state index contributed by atoms with van der Waals surface area (Å²) in [5, 5.41) is 8.17. The molecule has 104 valence electrons. The summed E-state index contributed by atoms with van der Waals surface area (Å²) in [6, 6.07) is 6.32. The van der Waals surface area contributed by atoms with Crippen molar-refractivity contribution in [1.29, 1.82) is 0 Å². The quantitative estimate of drug-likeness (QED) is 0.775. The molecule has 1 N–H and O–H groups in total. The van der Waals surface area contributed by atoms with E-state index < -0.39 is 0 Å². The molecule has 20 heavy (non-hydrogen) atoms. The third-order valence-electron chi connectivity index (χ3n) is 3.39. The first-order valence-electron chi connectivity index (χ1n) is 6.82. The molecule has 0 bridgehead atoms. The maximum absolute atomic E-state index is 5.62. The van der Waals surface area contributed by atoms with Crippen LogP contribution in [0.25, 0.3) is 10.9 Å². The molecule has 5 nitrogen and oxygen atoms in total. The second-order valence-corrected chi connectivity index (χ2v) is 4.80. The molecule has 0 aliphatic carbocycles. The van der Waals surface area contributed by atoms with Gasteiger partial charge >= 0.3 is 0 Å². The number of imidazole rings is 1. The Kier molecular flexibility index (Phi) is 3.52. The monoisotopic (exact) mass is 270 g/mol. The Morgan fingerprint density at radius 2 is 2.30 bits per heavy atom. The van der Waals surface area contributed by atoms with E-state index in [0.29, 0.717) is 6.61 Å². The molecule has 0 saturated heterocycles. The zero-order chi connectivity index (χ0) is 13.9. The molecule has 0 radical (unpaired) electrons. The summed E-state index contributed by atoms with van der Waals surface area (Å²) in [4.78, 5) is 4.40. The van der Waals surface area contributed by atoms with E-state index in [0.717, 1.165) is 23.3 Å². The molecule has 3 aromatic rings. The molecule has 3 rings (SSSR count). The van der Waals surface area contributed by atoms with E-state index in [1.165, 1.54) is 5.56 Å². The lowest BCUT2D eigenvalue weighted by Gasteiger charge is -2.14. The Hall–Kier alpha value is -2.14. The highest BCUT2D eigenvalue weighted by Crippen LogP contribution is 2.18. The van der Waals surface area contributed by atoms with Gasteiger partial charge in [-0.05, 0) is 25.5 Å². The SMILES string of the molecule is CCOC(C)c1nccn1Cc1ccc2cn[nH]c2c1. The number of nitrogens with zero attached hydrogens (tertiary/aromatic N) is 3. The summed E-state index contributed by atoms with van der Waals surface area (Å²) >= 11 is 0. The van der Waals surface area contributed by atoms with Crippen LogP contribution in [0.5, 0.6) is 0 Å². The summed E-state index contributed by atoms with van der Waals surface area (Å²) < 4.78 is 7.75. The Morgan fingerprint density at radius 3 is 3.15 bits per heavy atom. The van der Waals surface area contributed by atoms with Crippen LogP contribution in [0.4, 0.5) is 0 Å². The number of H-pyrrole nitrogens is 1. The van der Waals surface area contributed by atoms with Crippen LogP contribution in [-0.2, 0) is 11.3 Å². The normalized spacial score (nSPS) is 12.9. The molecule has 0 amide bonds. The predicted molar refractivity (Wildman–Crippen MR) is 77.5 cm³/mol. The van der Waals surface area contributed by atoms with Gasteiger partial charge in [-0.1, -0.05) is 12.1 Å². The van der Waals surface area contributed by atoms with Crippen LogP contribution in [0.15, 0.2) is 36.8 Å². The summed E-state index contributed by atoms with van der Waals surface area (Å²) in [5.41, 5.74) is 2.27. The van der Waals surface area contributed by atoms with Gasteiger partial charge in [-0.15, -0.1) is 0 Å². The number of aromatic amines is 1. The maximum atomic E-state index is 5.62. The molecule has 0 aliphatic heterocycles. The maximum Gasteiger partial charge on any atom is 0.137 e. The van der Waals surface area contributed by atoms with Gasteiger partial charge in [-0.2, -0.15) is 5.10 Å². The summed E-state index contributed by atoms with van der Waals surface area (Å²) in [7, 11) is 0. The van der Waals surface area contributed by atoms with Gasteiger partial charge in [0.2, 0.25) is 0 Å². The highest BCUT2D eigenvalue weighted by molar-refractivity contribution is 5.78. The van der Waals surface area contributed by atoms with Crippen LogP contribution in [-0.4, -0.2) is 26.4 Å². The van der Waals surface area contributed by atoms with Gasteiger partial charge < -0.3 is 9.30 Å². The van der Waals surface area contributed by atoms with Crippen LogP contribution in [0.2, 0.25) is 0 Å². The number of hydrogen-bond acceptors (Lipinski definition) is 3. The molecule has 0 aliphatic rings. The minimum Gasteiger partial charge on any atom is -0.371 e. The fourth-order valence-electron chi connectivity index (χ4n) is 2.42. The number of fused-ring (bicyclic) bond motifs is 1. The summed E-state index contributed by atoms with van der Waals surface area (Å²) in [6.45, 7) is 5.49. The molecule has 0 fully saturated rings. The number of rotatable bonds is 5. The molecular formula is C15H18N4O. The van der Waals surface area contributed by atoms with Crippen molar-refractivity contribution >= 4 is 10.9 Å².